The lowest BCUT2D eigenvalue weighted by Crippen LogP contribution is -2.34. The first-order chi connectivity index (χ1) is 20.9. The average Bonchev–Trinajstić information content (AvgIpc) is 3.72. The number of aromatic nitrogens is 5. The van der Waals surface area contributed by atoms with E-state index < -0.39 is 18.1 Å². The summed E-state index contributed by atoms with van der Waals surface area (Å²) in [6.07, 6.45) is 5.80. The Kier molecular flexibility index (Phi) is 7.55. The fraction of sp³-hybridized carbons (Fsp3) is 0.226. The molecule has 2 atom stereocenters. The minimum Gasteiger partial charge on any atom is -0.383 e. The van der Waals surface area contributed by atoms with Gasteiger partial charge < -0.3 is 21.1 Å². The van der Waals surface area contributed by atoms with Crippen LogP contribution in [0.15, 0.2) is 72.0 Å². The average molecular weight is 577 g/mol. The monoisotopic (exact) mass is 576 g/mol. The van der Waals surface area contributed by atoms with Crippen molar-refractivity contribution in [3.8, 4) is 17.5 Å². The Morgan fingerprint density at radius 2 is 2.00 bits per heavy atom. The van der Waals surface area contributed by atoms with Crippen LogP contribution in [0.25, 0.3) is 22.2 Å². The van der Waals surface area contributed by atoms with Crippen LogP contribution in [0.2, 0.25) is 0 Å². The van der Waals surface area contributed by atoms with Crippen molar-refractivity contribution in [3.05, 3.63) is 94.6 Å². The summed E-state index contributed by atoms with van der Waals surface area (Å²) in [5.74, 6) is 5.60. The minimum atomic E-state index is -0.720. The molecule has 0 radical (unpaired) electrons. The van der Waals surface area contributed by atoms with Gasteiger partial charge in [-0.1, -0.05) is 36.1 Å². The van der Waals surface area contributed by atoms with Crippen LogP contribution in [0.3, 0.4) is 0 Å². The van der Waals surface area contributed by atoms with Crippen LogP contribution in [0.5, 0.6) is 0 Å². The smallest absolute Gasteiger partial charge is 0.267 e. The van der Waals surface area contributed by atoms with E-state index in [4.69, 9.17) is 15.5 Å². The van der Waals surface area contributed by atoms with Gasteiger partial charge in [0.2, 0.25) is 5.91 Å². The van der Waals surface area contributed by atoms with Gasteiger partial charge in [0.15, 0.2) is 5.65 Å². The van der Waals surface area contributed by atoms with E-state index in [0.717, 1.165) is 6.42 Å². The zero-order chi connectivity index (χ0) is 29.9. The number of para-hydroxylation sites is 1. The topological polar surface area (TPSA) is 159 Å². The van der Waals surface area contributed by atoms with Gasteiger partial charge in [-0.15, -0.1) is 0 Å². The normalized spacial score (nSPS) is 15.1. The van der Waals surface area contributed by atoms with E-state index >= 15 is 0 Å². The lowest BCUT2D eigenvalue weighted by atomic mass is 10.1. The molecule has 1 aliphatic heterocycles. The highest BCUT2D eigenvalue weighted by atomic mass is 16.5. The molecule has 4 N–H and O–H groups in total. The highest BCUT2D eigenvalue weighted by molar-refractivity contribution is 6.04. The van der Waals surface area contributed by atoms with Crippen molar-refractivity contribution in [2.75, 3.05) is 18.9 Å². The second-order valence-corrected chi connectivity index (χ2v) is 10.0. The second-order valence-electron chi connectivity index (χ2n) is 10.0. The largest absolute Gasteiger partial charge is 0.383 e. The first-order valence-electron chi connectivity index (χ1n) is 13.8. The number of nitrogen functional groups attached to an aromatic ring is 1. The Bertz CT molecular complexity index is 1970. The molecule has 1 fully saturated rings. The molecule has 0 unspecified atom stereocenters. The number of imidazole rings is 1. The van der Waals surface area contributed by atoms with Crippen molar-refractivity contribution in [2.24, 2.45) is 0 Å². The Hall–Kier alpha value is -5.54. The van der Waals surface area contributed by atoms with E-state index in [2.05, 4.69) is 32.4 Å². The number of hydrogen-bond acceptors (Lipinski definition) is 8. The van der Waals surface area contributed by atoms with Gasteiger partial charge in [0.25, 0.3) is 11.5 Å². The van der Waals surface area contributed by atoms with Crippen LogP contribution < -0.4 is 21.9 Å². The number of amides is 2. The Morgan fingerprint density at radius 1 is 1.16 bits per heavy atom. The predicted octanol–water partition coefficient (Wildman–Crippen LogP) is 2.15. The van der Waals surface area contributed by atoms with Crippen molar-refractivity contribution in [1.82, 2.24) is 34.6 Å². The number of anilines is 1. The summed E-state index contributed by atoms with van der Waals surface area (Å²) in [6.45, 7) is 2.43. The summed E-state index contributed by atoms with van der Waals surface area (Å²) < 4.78 is 8.47. The quantitative estimate of drug-likeness (QED) is 0.260. The van der Waals surface area contributed by atoms with Crippen LogP contribution in [0, 0.1) is 11.8 Å². The number of nitrogens with one attached hydrogen (secondary N) is 2. The van der Waals surface area contributed by atoms with Gasteiger partial charge in [0.1, 0.15) is 29.6 Å². The lowest BCUT2D eigenvalue weighted by Gasteiger charge is -2.20. The van der Waals surface area contributed by atoms with Crippen molar-refractivity contribution in [1.29, 1.82) is 0 Å². The summed E-state index contributed by atoms with van der Waals surface area (Å²) in [4.78, 5) is 53.0. The molecule has 1 saturated heterocycles. The molecule has 0 aliphatic carbocycles. The van der Waals surface area contributed by atoms with Crippen LogP contribution in [-0.2, 0) is 9.53 Å². The maximum atomic E-state index is 14.2. The van der Waals surface area contributed by atoms with E-state index in [1.807, 2.05) is 18.2 Å². The standard InChI is InChI=1S/C31H28N8O4/c1-19(36-30(41)25-26(32)35-18-38-16-15-33-28(25)38)27-37-22-12-5-8-20(9-6-14-34-29(40)23-13-7-17-43-23)24(22)31(42)39(27)21-10-3-2-4-11-21/h2-5,8,10-12,15-16,18-19,23H,7,13-14,17,32H2,1H3,(H,34,40)(H,36,41)/t19-,23-/m1/s1. The molecule has 1 aliphatic rings. The third kappa shape index (κ3) is 5.41. The molecular weight excluding hydrogens is 548 g/mol. The van der Waals surface area contributed by atoms with Gasteiger partial charge in [-0.05, 0) is 44.0 Å². The first kappa shape index (κ1) is 27.6. The number of hydrogen-bond donors (Lipinski definition) is 3. The van der Waals surface area contributed by atoms with Crippen LogP contribution in [0.1, 0.15) is 47.6 Å². The van der Waals surface area contributed by atoms with Crippen molar-refractivity contribution in [2.45, 2.75) is 31.9 Å². The molecule has 6 rings (SSSR count). The molecule has 12 nitrogen and oxygen atoms in total. The molecule has 4 heterocycles. The van der Waals surface area contributed by atoms with Crippen LogP contribution in [0.4, 0.5) is 5.82 Å². The summed E-state index contributed by atoms with van der Waals surface area (Å²) in [5, 5.41) is 6.00. The SMILES string of the molecule is C[C@@H](NC(=O)c1c(N)ncn2ccnc12)c1nc2cccc(C#CCNC(=O)[C@H]3CCCO3)c2c(=O)n1-c1ccccc1. The third-order valence-electron chi connectivity index (χ3n) is 7.17. The molecule has 216 valence electrons. The maximum absolute atomic E-state index is 14.2. The summed E-state index contributed by atoms with van der Waals surface area (Å²) in [6, 6.07) is 13.5. The van der Waals surface area contributed by atoms with Gasteiger partial charge in [-0.25, -0.2) is 15.0 Å². The van der Waals surface area contributed by atoms with E-state index in [1.54, 1.807) is 54.0 Å². The number of ether oxygens (including phenoxy) is 1. The van der Waals surface area contributed by atoms with Crippen molar-refractivity contribution < 1.29 is 14.3 Å². The van der Waals surface area contributed by atoms with Crippen molar-refractivity contribution in [3.63, 3.8) is 0 Å². The van der Waals surface area contributed by atoms with Crippen molar-refractivity contribution >= 4 is 34.2 Å². The molecule has 12 heteroatoms. The zero-order valence-electron chi connectivity index (χ0n) is 23.3. The number of fused-ring (bicyclic) bond motifs is 2. The lowest BCUT2D eigenvalue weighted by molar-refractivity contribution is -0.129. The molecule has 43 heavy (non-hydrogen) atoms. The van der Waals surface area contributed by atoms with E-state index in [1.165, 1.54) is 10.9 Å². The van der Waals surface area contributed by atoms with Gasteiger partial charge in [-0.2, -0.15) is 0 Å². The second kappa shape index (κ2) is 11.8. The number of nitrogens with two attached hydrogens (primary N) is 1. The number of rotatable bonds is 6. The first-order valence-corrected chi connectivity index (χ1v) is 13.8. The molecule has 2 aromatic carbocycles. The summed E-state index contributed by atoms with van der Waals surface area (Å²) >= 11 is 0. The number of benzene rings is 2. The molecule has 2 amide bonds. The van der Waals surface area contributed by atoms with Crippen LogP contribution >= 0.6 is 0 Å². The maximum Gasteiger partial charge on any atom is 0.267 e. The minimum absolute atomic E-state index is 0.0329. The fourth-order valence-electron chi connectivity index (χ4n) is 5.09. The number of carbonyl (C=O) groups excluding carboxylic acids is 2. The fourth-order valence-corrected chi connectivity index (χ4v) is 5.09. The van der Waals surface area contributed by atoms with E-state index in [9.17, 15) is 14.4 Å². The molecule has 0 spiro atoms. The van der Waals surface area contributed by atoms with Crippen LogP contribution in [-0.4, -0.2) is 55.0 Å². The Labute approximate surface area is 245 Å². The van der Waals surface area contributed by atoms with Gasteiger partial charge >= 0.3 is 0 Å². The van der Waals surface area contributed by atoms with E-state index in [-0.39, 0.29) is 29.4 Å². The summed E-state index contributed by atoms with van der Waals surface area (Å²) in [7, 11) is 0. The predicted molar refractivity (Wildman–Crippen MR) is 159 cm³/mol. The molecule has 5 aromatic rings. The molecule has 0 bridgehead atoms. The highest BCUT2D eigenvalue weighted by Crippen LogP contribution is 2.22. The highest BCUT2D eigenvalue weighted by Gasteiger charge is 2.25. The van der Waals surface area contributed by atoms with Gasteiger partial charge in [0.05, 0.1) is 29.2 Å². The number of carbonyl (C=O) groups is 2. The van der Waals surface area contributed by atoms with Gasteiger partial charge in [0, 0.05) is 24.6 Å². The third-order valence-corrected chi connectivity index (χ3v) is 7.17. The van der Waals surface area contributed by atoms with Gasteiger partial charge in [-0.3, -0.25) is 23.4 Å². The Balaban J connectivity index is 1.37. The molecule has 0 saturated carbocycles. The molecular formula is C31H28N8O4. The number of nitrogens with zero attached hydrogens (tertiary/aromatic N) is 5. The Morgan fingerprint density at radius 3 is 2.79 bits per heavy atom. The van der Waals surface area contributed by atoms with E-state index in [0.29, 0.717) is 46.7 Å². The zero-order valence-corrected chi connectivity index (χ0v) is 23.3. The molecule has 3 aromatic heterocycles. The summed E-state index contributed by atoms with van der Waals surface area (Å²) in [5.41, 5.74) is 7.65.